The van der Waals surface area contributed by atoms with Crippen molar-refractivity contribution in [2.45, 2.75) is 39.7 Å². The molecule has 1 aromatic rings. The number of hydrogen-bond donors (Lipinski definition) is 0. The first-order valence-electron chi connectivity index (χ1n) is 7.11. The van der Waals surface area contributed by atoms with Gasteiger partial charge >= 0.3 is 0 Å². The van der Waals surface area contributed by atoms with Crippen LogP contribution in [0.15, 0.2) is 18.2 Å². The molecule has 1 aromatic carbocycles. The van der Waals surface area contributed by atoms with E-state index in [2.05, 4.69) is 18.7 Å². The number of carbonyl (C=O) groups is 1. The Morgan fingerprint density at radius 2 is 2.00 bits per heavy atom. The lowest BCUT2D eigenvalue weighted by molar-refractivity contribution is 0.101. The Morgan fingerprint density at radius 3 is 2.50 bits per heavy atom. The maximum absolute atomic E-state index is 13.4. The average molecular weight is 281 g/mol. The third-order valence-electron chi connectivity index (χ3n) is 3.57. The lowest BCUT2D eigenvalue weighted by Gasteiger charge is -2.33. The van der Waals surface area contributed by atoms with Crippen LogP contribution in [0.1, 0.15) is 44.0 Å². The van der Waals surface area contributed by atoms with Crippen LogP contribution in [0.25, 0.3) is 0 Å². The van der Waals surface area contributed by atoms with Crippen molar-refractivity contribution in [1.82, 2.24) is 0 Å². The second-order valence-electron chi connectivity index (χ2n) is 4.87. The highest BCUT2D eigenvalue weighted by Crippen LogP contribution is 2.26. The highest BCUT2D eigenvalue weighted by molar-refractivity contribution is 5.99. The van der Waals surface area contributed by atoms with Gasteiger partial charge in [0, 0.05) is 30.9 Å². The molecule has 0 aliphatic rings. The van der Waals surface area contributed by atoms with Crippen LogP contribution in [0.5, 0.6) is 0 Å². The van der Waals surface area contributed by atoms with Gasteiger partial charge in [0.05, 0.1) is 6.61 Å². The normalized spacial score (nSPS) is 10.9. The minimum absolute atomic E-state index is 0.118. The number of benzene rings is 1. The summed E-state index contributed by atoms with van der Waals surface area (Å²) >= 11 is 0. The molecule has 1 rings (SSSR count). The van der Waals surface area contributed by atoms with E-state index in [1.807, 2.05) is 0 Å². The minimum atomic E-state index is -0.379. The molecular weight excluding hydrogens is 257 g/mol. The van der Waals surface area contributed by atoms with Crippen molar-refractivity contribution >= 4 is 11.5 Å². The van der Waals surface area contributed by atoms with E-state index in [4.69, 9.17) is 4.74 Å². The summed E-state index contributed by atoms with van der Waals surface area (Å²) in [5.41, 5.74) is 1.23. The molecule has 0 saturated heterocycles. The number of rotatable bonds is 8. The van der Waals surface area contributed by atoms with Crippen LogP contribution in [0.4, 0.5) is 10.1 Å². The summed E-state index contributed by atoms with van der Waals surface area (Å²) in [6, 6.07) is 4.73. The van der Waals surface area contributed by atoms with Crippen LogP contribution < -0.4 is 4.90 Å². The maximum atomic E-state index is 13.4. The molecule has 20 heavy (non-hydrogen) atoms. The zero-order valence-electron chi connectivity index (χ0n) is 12.8. The minimum Gasteiger partial charge on any atom is -0.383 e. The van der Waals surface area contributed by atoms with E-state index >= 15 is 0 Å². The Labute approximate surface area is 120 Å². The number of ketones is 1. The average Bonchev–Trinajstić information content (AvgIpc) is 2.43. The standard InChI is InChI=1S/C16H24FNO2/c1-5-14(6-2)18(9-10-20-4)16-8-7-13(17)11-15(16)12(3)19/h7-8,11,14H,5-6,9-10H2,1-4H3. The van der Waals surface area contributed by atoms with E-state index in [9.17, 15) is 9.18 Å². The van der Waals surface area contributed by atoms with Crippen molar-refractivity contribution in [2.24, 2.45) is 0 Å². The van der Waals surface area contributed by atoms with Gasteiger partial charge in [0.15, 0.2) is 5.78 Å². The first-order valence-corrected chi connectivity index (χ1v) is 7.11. The molecule has 3 nitrogen and oxygen atoms in total. The SMILES string of the molecule is CCC(CC)N(CCOC)c1ccc(F)cc1C(C)=O. The zero-order valence-corrected chi connectivity index (χ0v) is 12.8. The van der Waals surface area contributed by atoms with Crippen molar-refractivity contribution in [3.05, 3.63) is 29.6 Å². The highest BCUT2D eigenvalue weighted by Gasteiger charge is 2.20. The van der Waals surface area contributed by atoms with Crippen LogP contribution in [0, 0.1) is 5.82 Å². The Hall–Kier alpha value is -1.42. The predicted molar refractivity (Wildman–Crippen MR) is 80.0 cm³/mol. The van der Waals surface area contributed by atoms with Gasteiger partial charge in [-0.2, -0.15) is 0 Å². The lowest BCUT2D eigenvalue weighted by Crippen LogP contribution is -2.38. The van der Waals surface area contributed by atoms with Crippen LogP contribution in [-0.2, 0) is 4.74 Å². The summed E-state index contributed by atoms with van der Waals surface area (Å²) in [7, 11) is 1.65. The molecule has 0 aromatic heterocycles. The second kappa shape index (κ2) is 8.00. The summed E-state index contributed by atoms with van der Waals surface area (Å²) in [6.07, 6.45) is 1.93. The fourth-order valence-electron chi connectivity index (χ4n) is 2.46. The highest BCUT2D eigenvalue weighted by atomic mass is 19.1. The van der Waals surface area contributed by atoms with Gasteiger partial charge in [-0.05, 0) is 38.0 Å². The van der Waals surface area contributed by atoms with Gasteiger partial charge in [0.2, 0.25) is 0 Å². The van der Waals surface area contributed by atoms with E-state index in [0.717, 1.165) is 18.5 Å². The van der Waals surface area contributed by atoms with Gasteiger partial charge in [-0.15, -0.1) is 0 Å². The van der Waals surface area contributed by atoms with Gasteiger partial charge in [-0.3, -0.25) is 4.79 Å². The van der Waals surface area contributed by atoms with Crippen molar-refractivity contribution in [2.75, 3.05) is 25.2 Å². The molecule has 0 amide bonds. The summed E-state index contributed by atoms with van der Waals surface area (Å²) in [6.45, 7) is 6.97. The van der Waals surface area contributed by atoms with Crippen LogP contribution in [0.3, 0.4) is 0 Å². The van der Waals surface area contributed by atoms with Gasteiger partial charge < -0.3 is 9.64 Å². The Balaban J connectivity index is 3.21. The van der Waals surface area contributed by atoms with Crippen LogP contribution in [0.2, 0.25) is 0 Å². The van der Waals surface area contributed by atoms with Crippen molar-refractivity contribution in [3.8, 4) is 0 Å². The van der Waals surface area contributed by atoms with Crippen LogP contribution >= 0.6 is 0 Å². The molecular formula is C16H24FNO2. The summed E-state index contributed by atoms with van der Waals surface area (Å²) in [5, 5.41) is 0. The molecule has 4 heteroatoms. The van der Waals surface area contributed by atoms with E-state index < -0.39 is 0 Å². The summed E-state index contributed by atoms with van der Waals surface area (Å²) in [4.78, 5) is 13.9. The van der Waals surface area contributed by atoms with Gasteiger partial charge in [-0.1, -0.05) is 13.8 Å². The van der Waals surface area contributed by atoms with Gasteiger partial charge in [-0.25, -0.2) is 4.39 Å². The molecule has 0 spiro atoms. The third kappa shape index (κ3) is 4.04. The number of anilines is 1. The van der Waals surface area contributed by atoms with E-state index in [0.29, 0.717) is 24.8 Å². The molecule has 0 radical (unpaired) electrons. The fourth-order valence-corrected chi connectivity index (χ4v) is 2.46. The predicted octanol–water partition coefficient (Wildman–Crippen LogP) is 3.67. The molecule has 112 valence electrons. The van der Waals surface area contributed by atoms with Gasteiger partial charge in [0.1, 0.15) is 5.82 Å². The fraction of sp³-hybridized carbons (Fsp3) is 0.562. The second-order valence-corrected chi connectivity index (χ2v) is 4.87. The Bertz CT molecular complexity index is 444. The van der Waals surface area contributed by atoms with E-state index in [-0.39, 0.29) is 11.6 Å². The first-order chi connectivity index (χ1) is 9.54. The lowest BCUT2D eigenvalue weighted by atomic mass is 10.0. The zero-order chi connectivity index (χ0) is 15.1. The van der Waals surface area contributed by atoms with Crippen molar-refractivity contribution in [1.29, 1.82) is 0 Å². The topological polar surface area (TPSA) is 29.5 Å². The maximum Gasteiger partial charge on any atom is 0.161 e. The van der Waals surface area contributed by atoms with Crippen LogP contribution in [-0.4, -0.2) is 32.1 Å². The number of hydrogen-bond acceptors (Lipinski definition) is 3. The Kier molecular flexibility index (Phi) is 6.65. The van der Waals surface area contributed by atoms with E-state index in [1.165, 1.54) is 19.1 Å². The first kappa shape index (κ1) is 16.6. The molecule has 0 N–H and O–H groups in total. The number of ether oxygens (including phenoxy) is 1. The van der Waals surface area contributed by atoms with E-state index in [1.54, 1.807) is 13.2 Å². The largest absolute Gasteiger partial charge is 0.383 e. The Morgan fingerprint density at radius 1 is 1.35 bits per heavy atom. The van der Waals surface area contributed by atoms with Gasteiger partial charge in [0.25, 0.3) is 0 Å². The summed E-state index contributed by atoms with van der Waals surface area (Å²) < 4.78 is 18.5. The number of nitrogens with zero attached hydrogens (tertiary/aromatic N) is 1. The number of methoxy groups -OCH3 is 1. The third-order valence-corrected chi connectivity index (χ3v) is 3.57. The molecule has 0 bridgehead atoms. The quantitative estimate of drug-likeness (QED) is 0.681. The summed E-state index contributed by atoms with van der Waals surface area (Å²) in [5.74, 6) is -0.497. The smallest absolute Gasteiger partial charge is 0.161 e. The molecule has 0 aliphatic carbocycles. The van der Waals surface area contributed by atoms with Crippen molar-refractivity contribution in [3.63, 3.8) is 0 Å². The molecule has 0 unspecified atom stereocenters. The molecule has 0 heterocycles. The molecule has 0 aliphatic heterocycles. The molecule has 0 atom stereocenters. The monoisotopic (exact) mass is 281 g/mol. The molecule has 0 fully saturated rings. The number of carbonyl (C=O) groups excluding carboxylic acids is 1. The number of Topliss-reactive ketones (excluding diaryl/α,β-unsaturated/α-hetero) is 1. The number of halogens is 1. The van der Waals surface area contributed by atoms with Crippen molar-refractivity contribution < 1.29 is 13.9 Å². The molecule has 0 saturated carbocycles.